The normalized spacial score (nSPS) is 26.1. The van der Waals surface area contributed by atoms with Gasteiger partial charge < -0.3 is 10.4 Å². The van der Waals surface area contributed by atoms with Crippen LogP contribution in [0.3, 0.4) is 0 Å². The smallest absolute Gasteiger partial charge is 0.0741 e. The Balaban J connectivity index is 1.99. The molecule has 1 aromatic rings. The summed E-state index contributed by atoms with van der Waals surface area (Å²) in [6.07, 6.45) is 5.46. The van der Waals surface area contributed by atoms with Crippen LogP contribution in [-0.4, -0.2) is 17.3 Å². The summed E-state index contributed by atoms with van der Waals surface area (Å²) in [5.74, 6) is 0. The topological polar surface area (TPSA) is 32.3 Å². The van der Waals surface area contributed by atoms with E-state index in [1.165, 1.54) is 18.4 Å². The number of hydrogen-bond acceptors (Lipinski definition) is 2. The van der Waals surface area contributed by atoms with E-state index in [4.69, 9.17) is 0 Å². The number of nitrogens with one attached hydrogen (secondary N) is 1. The zero-order chi connectivity index (χ0) is 11.4. The summed E-state index contributed by atoms with van der Waals surface area (Å²) in [7, 11) is 0. The standard InChI is InChI=1S/C14H21NO/c1-11-7-9-12(10-8-11)15-13-5-3-2-4-6-14(13)16/h7-10,13-16H,2-6H2,1H3. The van der Waals surface area contributed by atoms with Gasteiger partial charge >= 0.3 is 0 Å². The van der Waals surface area contributed by atoms with Crippen LogP contribution in [0, 0.1) is 6.92 Å². The van der Waals surface area contributed by atoms with Crippen LogP contribution in [0.2, 0.25) is 0 Å². The Bertz CT molecular complexity index is 320. The molecule has 2 nitrogen and oxygen atoms in total. The molecule has 1 fully saturated rings. The van der Waals surface area contributed by atoms with Crippen molar-refractivity contribution in [2.75, 3.05) is 5.32 Å². The molecule has 1 saturated carbocycles. The Morgan fingerprint density at radius 3 is 2.50 bits per heavy atom. The summed E-state index contributed by atoms with van der Waals surface area (Å²) in [6.45, 7) is 2.09. The maximum atomic E-state index is 10.0. The van der Waals surface area contributed by atoms with Crippen LogP contribution >= 0.6 is 0 Å². The van der Waals surface area contributed by atoms with Gasteiger partial charge in [-0.25, -0.2) is 0 Å². The third kappa shape index (κ3) is 2.99. The molecule has 0 saturated heterocycles. The maximum absolute atomic E-state index is 10.0. The zero-order valence-electron chi connectivity index (χ0n) is 9.95. The molecule has 1 aliphatic carbocycles. The van der Waals surface area contributed by atoms with Gasteiger partial charge in [-0.05, 0) is 31.9 Å². The molecule has 16 heavy (non-hydrogen) atoms. The highest BCUT2D eigenvalue weighted by Crippen LogP contribution is 2.21. The number of benzene rings is 1. The predicted octanol–water partition coefficient (Wildman–Crippen LogP) is 3.10. The minimum Gasteiger partial charge on any atom is -0.391 e. The molecule has 2 unspecified atom stereocenters. The van der Waals surface area contributed by atoms with Crippen molar-refractivity contribution < 1.29 is 5.11 Å². The molecule has 2 heteroatoms. The fourth-order valence-electron chi connectivity index (χ4n) is 2.32. The first-order valence-corrected chi connectivity index (χ1v) is 6.27. The van der Waals surface area contributed by atoms with Gasteiger partial charge in [0.15, 0.2) is 0 Å². The molecule has 0 bridgehead atoms. The Morgan fingerprint density at radius 2 is 1.75 bits per heavy atom. The molecule has 0 aliphatic heterocycles. The van der Waals surface area contributed by atoms with E-state index in [9.17, 15) is 5.11 Å². The molecule has 1 aliphatic rings. The van der Waals surface area contributed by atoms with Crippen molar-refractivity contribution in [3.63, 3.8) is 0 Å². The lowest BCUT2D eigenvalue weighted by atomic mass is 10.1. The lowest BCUT2D eigenvalue weighted by Gasteiger charge is -2.23. The molecule has 88 valence electrons. The van der Waals surface area contributed by atoms with E-state index < -0.39 is 0 Å². The first-order chi connectivity index (χ1) is 7.75. The highest BCUT2D eigenvalue weighted by atomic mass is 16.3. The number of aliphatic hydroxyl groups is 1. The van der Waals surface area contributed by atoms with Crippen LogP contribution in [0.25, 0.3) is 0 Å². The monoisotopic (exact) mass is 219 g/mol. The van der Waals surface area contributed by atoms with Crippen molar-refractivity contribution in [1.82, 2.24) is 0 Å². The fraction of sp³-hybridized carbons (Fsp3) is 0.571. The number of hydrogen-bond donors (Lipinski definition) is 2. The number of anilines is 1. The summed E-state index contributed by atoms with van der Waals surface area (Å²) in [5, 5.41) is 13.5. The van der Waals surface area contributed by atoms with E-state index in [1.807, 2.05) is 0 Å². The average Bonchev–Trinajstić information content (AvgIpc) is 2.48. The summed E-state index contributed by atoms with van der Waals surface area (Å²) in [4.78, 5) is 0. The van der Waals surface area contributed by atoms with E-state index in [0.717, 1.165) is 24.9 Å². The number of aliphatic hydroxyl groups excluding tert-OH is 1. The van der Waals surface area contributed by atoms with E-state index in [-0.39, 0.29) is 12.1 Å². The minimum atomic E-state index is -0.191. The lowest BCUT2D eigenvalue weighted by molar-refractivity contribution is 0.144. The van der Waals surface area contributed by atoms with Crippen LogP contribution in [0.15, 0.2) is 24.3 Å². The van der Waals surface area contributed by atoms with E-state index >= 15 is 0 Å². The minimum absolute atomic E-state index is 0.191. The molecule has 1 aromatic carbocycles. The van der Waals surface area contributed by atoms with Gasteiger partial charge in [0, 0.05) is 5.69 Å². The van der Waals surface area contributed by atoms with Crippen molar-refractivity contribution in [3.05, 3.63) is 29.8 Å². The Hall–Kier alpha value is -1.02. The fourth-order valence-corrected chi connectivity index (χ4v) is 2.32. The van der Waals surface area contributed by atoms with Crippen molar-refractivity contribution >= 4 is 5.69 Å². The van der Waals surface area contributed by atoms with Crippen LogP contribution in [0.4, 0.5) is 5.69 Å². The molecule has 0 heterocycles. The van der Waals surface area contributed by atoms with Crippen LogP contribution in [0.5, 0.6) is 0 Å². The first-order valence-electron chi connectivity index (χ1n) is 6.27. The summed E-state index contributed by atoms with van der Waals surface area (Å²) >= 11 is 0. The third-order valence-electron chi connectivity index (χ3n) is 3.38. The Morgan fingerprint density at radius 1 is 1.06 bits per heavy atom. The Kier molecular flexibility index (Phi) is 3.83. The molecule has 2 rings (SSSR count). The van der Waals surface area contributed by atoms with Gasteiger partial charge in [0.1, 0.15) is 0 Å². The van der Waals surface area contributed by atoms with Gasteiger partial charge in [0.05, 0.1) is 12.1 Å². The van der Waals surface area contributed by atoms with Gasteiger partial charge in [-0.15, -0.1) is 0 Å². The average molecular weight is 219 g/mol. The van der Waals surface area contributed by atoms with Crippen LogP contribution in [0.1, 0.15) is 37.7 Å². The Labute approximate surface area is 97.7 Å². The van der Waals surface area contributed by atoms with Crippen LogP contribution in [-0.2, 0) is 0 Å². The summed E-state index contributed by atoms with van der Waals surface area (Å²) in [5.41, 5.74) is 2.39. The highest BCUT2D eigenvalue weighted by Gasteiger charge is 2.20. The van der Waals surface area contributed by atoms with E-state index in [2.05, 4.69) is 36.5 Å². The van der Waals surface area contributed by atoms with Crippen molar-refractivity contribution in [1.29, 1.82) is 0 Å². The predicted molar refractivity (Wildman–Crippen MR) is 67.7 cm³/mol. The molecular formula is C14H21NO. The largest absolute Gasteiger partial charge is 0.391 e. The SMILES string of the molecule is Cc1ccc(NC2CCCCCC2O)cc1. The number of aryl methyl sites for hydroxylation is 1. The van der Waals surface area contributed by atoms with Gasteiger partial charge in [0.2, 0.25) is 0 Å². The van der Waals surface area contributed by atoms with Gasteiger partial charge in [-0.1, -0.05) is 37.0 Å². The van der Waals surface area contributed by atoms with Crippen molar-refractivity contribution in [3.8, 4) is 0 Å². The first kappa shape index (κ1) is 11.5. The second-order valence-electron chi connectivity index (χ2n) is 4.82. The molecule has 0 aromatic heterocycles. The van der Waals surface area contributed by atoms with Crippen LogP contribution < -0.4 is 5.32 Å². The third-order valence-corrected chi connectivity index (χ3v) is 3.38. The molecule has 2 N–H and O–H groups in total. The quantitative estimate of drug-likeness (QED) is 0.749. The van der Waals surface area contributed by atoms with Gasteiger partial charge in [-0.2, -0.15) is 0 Å². The maximum Gasteiger partial charge on any atom is 0.0741 e. The summed E-state index contributed by atoms with van der Waals surface area (Å²) in [6, 6.07) is 8.61. The second-order valence-corrected chi connectivity index (χ2v) is 4.82. The van der Waals surface area contributed by atoms with Gasteiger partial charge in [0.25, 0.3) is 0 Å². The van der Waals surface area contributed by atoms with E-state index in [0.29, 0.717) is 0 Å². The molecular weight excluding hydrogens is 198 g/mol. The van der Waals surface area contributed by atoms with Crippen molar-refractivity contribution in [2.24, 2.45) is 0 Å². The zero-order valence-corrected chi connectivity index (χ0v) is 9.95. The highest BCUT2D eigenvalue weighted by molar-refractivity contribution is 5.45. The summed E-state index contributed by atoms with van der Waals surface area (Å²) < 4.78 is 0. The molecule has 0 radical (unpaired) electrons. The van der Waals surface area contributed by atoms with E-state index in [1.54, 1.807) is 0 Å². The molecule has 0 spiro atoms. The molecule has 2 atom stereocenters. The number of rotatable bonds is 2. The second kappa shape index (κ2) is 5.35. The molecule has 0 amide bonds. The lowest BCUT2D eigenvalue weighted by Crippen LogP contribution is -2.32. The van der Waals surface area contributed by atoms with Crippen molar-refractivity contribution in [2.45, 2.75) is 51.2 Å². The van der Waals surface area contributed by atoms with Gasteiger partial charge in [-0.3, -0.25) is 0 Å².